The maximum atomic E-state index is 14.2. The average Bonchev–Trinajstić information content (AvgIpc) is 2.56. The predicted molar refractivity (Wildman–Crippen MR) is 107 cm³/mol. The number of nitrogens with zero attached hydrogens (tertiary/aromatic N) is 1. The molecular formula is C18H16Cl2FN3OS. The summed E-state index contributed by atoms with van der Waals surface area (Å²) in [6.45, 7) is 1.94. The number of hydrogen-bond donors (Lipinski definition) is 2. The van der Waals surface area contributed by atoms with Gasteiger partial charge in [0.1, 0.15) is 5.82 Å². The van der Waals surface area contributed by atoms with E-state index in [-0.39, 0.29) is 16.3 Å². The topological polar surface area (TPSA) is 67.5 Å². The van der Waals surface area contributed by atoms with Crippen molar-refractivity contribution >= 4 is 51.7 Å². The minimum Gasteiger partial charge on any atom is -0.379 e. The van der Waals surface area contributed by atoms with Crippen LogP contribution >= 0.6 is 35.0 Å². The van der Waals surface area contributed by atoms with Crippen LogP contribution in [0.25, 0.3) is 0 Å². The highest BCUT2D eigenvalue weighted by atomic mass is 35.5. The molecule has 1 aliphatic rings. The molecule has 0 bridgehead atoms. The Labute approximate surface area is 165 Å². The summed E-state index contributed by atoms with van der Waals surface area (Å²) >= 11 is 13.4. The molecule has 0 fully saturated rings. The summed E-state index contributed by atoms with van der Waals surface area (Å²) in [7, 11) is 0. The summed E-state index contributed by atoms with van der Waals surface area (Å²) in [6, 6.07) is 9.06. The van der Waals surface area contributed by atoms with Gasteiger partial charge in [-0.05, 0) is 49.2 Å². The molecule has 0 saturated carbocycles. The second-order valence-electron chi connectivity index (χ2n) is 6.10. The molecule has 1 heterocycles. The predicted octanol–water partition coefficient (Wildman–Crippen LogP) is 5.05. The van der Waals surface area contributed by atoms with Crippen molar-refractivity contribution in [1.29, 1.82) is 0 Å². The third kappa shape index (κ3) is 3.98. The van der Waals surface area contributed by atoms with Crippen molar-refractivity contribution in [2.45, 2.75) is 18.9 Å². The molecule has 3 N–H and O–H groups in total. The van der Waals surface area contributed by atoms with Crippen molar-refractivity contribution in [3.8, 4) is 0 Å². The van der Waals surface area contributed by atoms with E-state index in [9.17, 15) is 9.18 Å². The highest BCUT2D eigenvalue weighted by Gasteiger charge is 2.30. The van der Waals surface area contributed by atoms with Crippen LogP contribution in [0.3, 0.4) is 0 Å². The first-order valence-electron chi connectivity index (χ1n) is 7.83. The van der Waals surface area contributed by atoms with Crippen LogP contribution in [0.5, 0.6) is 0 Å². The zero-order valence-electron chi connectivity index (χ0n) is 13.9. The van der Waals surface area contributed by atoms with Crippen LogP contribution in [0.1, 0.15) is 29.3 Å². The lowest BCUT2D eigenvalue weighted by Crippen LogP contribution is -2.29. The van der Waals surface area contributed by atoms with Gasteiger partial charge in [-0.15, -0.1) is 0 Å². The van der Waals surface area contributed by atoms with E-state index in [1.165, 1.54) is 30.0 Å². The number of carbonyl (C=O) groups excluding carboxylic acids is 1. The number of amides is 1. The number of aliphatic imine (C=N–C) groups is 1. The minimum absolute atomic E-state index is 0.0618. The zero-order chi connectivity index (χ0) is 18.9. The normalized spacial score (nSPS) is 19.8. The summed E-state index contributed by atoms with van der Waals surface area (Å²) in [5.41, 5.74) is 6.34. The number of nitrogens with two attached hydrogens (primary N) is 1. The van der Waals surface area contributed by atoms with Crippen molar-refractivity contribution in [2.24, 2.45) is 10.7 Å². The fraction of sp³-hybridized carbons (Fsp3) is 0.222. The van der Waals surface area contributed by atoms with Crippen molar-refractivity contribution in [1.82, 2.24) is 0 Å². The molecule has 0 radical (unpaired) electrons. The van der Waals surface area contributed by atoms with Gasteiger partial charge in [-0.3, -0.25) is 9.79 Å². The summed E-state index contributed by atoms with van der Waals surface area (Å²) in [6.07, 6.45) is 0.764. The average molecular weight is 412 g/mol. The summed E-state index contributed by atoms with van der Waals surface area (Å²) < 4.78 is 14.2. The maximum Gasteiger partial charge on any atom is 0.257 e. The van der Waals surface area contributed by atoms with Gasteiger partial charge in [0.15, 0.2) is 5.17 Å². The van der Waals surface area contributed by atoms with Crippen LogP contribution in [0.2, 0.25) is 10.0 Å². The van der Waals surface area contributed by atoms with E-state index in [2.05, 4.69) is 10.3 Å². The molecule has 26 heavy (non-hydrogen) atoms. The summed E-state index contributed by atoms with van der Waals surface area (Å²) in [4.78, 5) is 17.0. The SMILES string of the molecule is CC1(c2ccc(F)c(NC(=O)c3ccc(Cl)cc3Cl)c2)CCSC(N)=N1. The number of hydrogen-bond acceptors (Lipinski definition) is 4. The van der Waals surface area contributed by atoms with E-state index in [1.807, 2.05) is 6.92 Å². The Morgan fingerprint density at radius 1 is 1.31 bits per heavy atom. The lowest BCUT2D eigenvalue weighted by Gasteiger charge is -2.30. The first-order chi connectivity index (χ1) is 12.3. The number of thioether (sulfide) groups is 1. The van der Waals surface area contributed by atoms with Crippen LogP contribution in [0.15, 0.2) is 41.4 Å². The Kier molecular flexibility index (Phi) is 5.46. The van der Waals surface area contributed by atoms with E-state index in [0.717, 1.165) is 17.7 Å². The number of anilines is 1. The van der Waals surface area contributed by atoms with Gasteiger partial charge in [0.2, 0.25) is 0 Å². The molecular weight excluding hydrogens is 396 g/mol. The van der Waals surface area contributed by atoms with Crippen molar-refractivity contribution in [3.63, 3.8) is 0 Å². The molecule has 3 rings (SSSR count). The molecule has 136 valence electrons. The highest BCUT2D eigenvalue weighted by molar-refractivity contribution is 8.13. The fourth-order valence-electron chi connectivity index (χ4n) is 2.71. The number of amidine groups is 1. The number of nitrogens with one attached hydrogen (secondary N) is 1. The van der Waals surface area contributed by atoms with Crippen LogP contribution in [-0.2, 0) is 5.54 Å². The molecule has 8 heteroatoms. The zero-order valence-corrected chi connectivity index (χ0v) is 16.2. The molecule has 1 aliphatic heterocycles. The molecule has 0 aliphatic carbocycles. The first-order valence-corrected chi connectivity index (χ1v) is 9.57. The molecule has 2 aromatic carbocycles. The lowest BCUT2D eigenvalue weighted by atomic mass is 9.89. The van der Waals surface area contributed by atoms with Gasteiger partial charge in [-0.2, -0.15) is 0 Å². The van der Waals surface area contributed by atoms with Gasteiger partial charge < -0.3 is 11.1 Å². The Morgan fingerprint density at radius 2 is 2.08 bits per heavy atom. The second kappa shape index (κ2) is 7.47. The molecule has 1 unspecified atom stereocenters. The van der Waals surface area contributed by atoms with Crippen LogP contribution < -0.4 is 11.1 Å². The molecule has 4 nitrogen and oxygen atoms in total. The summed E-state index contributed by atoms with van der Waals surface area (Å²) in [5.74, 6) is -0.237. The maximum absolute atomic E-state index is 14.2. The van der Waals surface area contributed by atoms with Gasteiger partial charge >= 0.3 is 0 Å². The summed E-state index contributed by atoms with van der Waals surface area (Å²) in [5, 5.41) is 3.68. The molecule has 0 saturated heterocycles. The van der Waals surface area contributed by atoms with Crippen LogP contribution in [0, 0.1) is 5.82 Å². The number of benzene rings is 2. The molecule has 1 amide bonds. The fourth-order valence-corrected chi connectivity index (χ4v) is 4.18. The van der Waals surface area contributed by atoms with Gasteiger partial charge in [-0.1, -0.05) is 41.0 Å². The van der Waals surface area contributed by atoms with Gasteiger partial charge in [0.25, 0.3) is 5.91 Å². The van der Waals surface area contributed by atoms with Crippen LogP contribution in [0.4, 0.5) is 10.1 Å². The number of carbonyl (C=O) groups is 1. The molecule has 1 atom stereocenters. The molecule has 2 aromatic rings. The van der Waals surface area contributed by atoms with Gasteiger partial charge in [0, 0.05) is 10.8 Å². The Morgan fingerprint density at radius 3 is 2.77 bits per heavy atom. The number of halogens is 3. The van der Waals surface area contributed by atoms with Crippen LogP contribution in [-0.4, -0.2) is 16.8 Å². The van der Waals surface area contributed by atoms with Crippen molar-refractivity contribution < 1.29 is 9.18 Å². The number of rotatable bonds is 3. The second-order valence-corrected chi connectivity index (χ2v) is 8.05. The largest absolute Gasteiger partial charge is 0.379 e. The van der Waals surface area contributed by atoms with Gasteiger partial charge in [0.05, 0.1) is 21.8 Å². The van der Waals surface area contributed by atoms with E-state index in [0.29, 0.717) is 10.2 Å². The lowest BCUT2D eigenvalue weighted by molar-refractivity contribution is 0.102. The monoisotopic (exact) mass is 411 g/mol. The van der Waals surface area contributed by atoms with E-state index < -0.39 is 17.3 Å². The Bertz CT molecular complexity index is 906. The molecule has 0 aromatic heterocycles. The van der Waals surface area contributed by atoms with E-state index in [4.69, 9.17) is 28.9 Å². The Balaban J connectivity index is 1.91. The third-order valence-electron chi connectivity index (χ3n) is 4.21. The van der Waals surface area contributed by atoms with Crippen molar-refractivity contribution in [3.05, 3.63) is 63.4 Å². The third-order valence-corrected chi connectivity index (χ3v) is 5.55. The standard InChI is InChI=1S/C18H16Cl2FN3OS/c1-18(6-7-26-17(22)24-18)10-2-5-14(21)15(8-10)23-16(25)12-4-3-11(19)9-13(12)20/h2-5,8-9H,6-7H2,1H3,(H2,22,24)(H,23,25). The quantitative estimate of drug-likeness (QED) is 0.741. The first kappa shape index (κ1) is 19.0. The highest BCUT2D eigenvalue weighted by Crippen LogP contribution is 2.36. The van der Waals surface area contributed by atoms with E-state index >= 15 is 0 Å². The Hall–Kier alpha value is -1.76. The van der Waals surface area contributed by atoms with Gasteiger partial charge in [-0.25, -0.2) is 4.39 Å². The minimum atomic E-state index is -0.555. The van der Waals surface area contributed by atoms with E-state index in [1.54, 1.807) is 18.2 Å². The van der Waals surface area contributed by atoms with Crippen molar-refractivity contribution in [2.75, 3.05) is 11.1 Å². The molecule has 0 spiro atoms. The smallest absolute Gasteiger partial charge is 0.257 e.